The van der Waals surface area contributed by atoms with E-state index in [2.05, 4.69) is 26.9 Å². The Balaban J connectivity index is 1.29. The summed E-state index contributed by atoms with van der Waals surface area (Å²) in [6.45, 7) is 1.61. The number of likely N-dealkylation sites (tertiary alicyclic amines) is 2. The quantitative estimate of drug-likeness (QED) is 0.692. The number of carbonyl (C=O) groups excluding carboxylic acids is 2. The molecule has 1 aromatic rings. The molecule has 2 saturated heterocycles. The summed E-state index contributed by atoms with van der Waals surface area (Å²) < 4.78 is 0. The van der Waals surface area contributed by atoms with Crippen LogP contribution in [0.1, 0.15) is 88.7 Å². The molecular formula is C25H35N3O2. The predicted molar refractivity (Wildman–Crippen MR) is 116 cm³/mol. The maximum Gasteiger partial charge on any atom is 0.232 e. The molecule has 5 heteroatoms. The Hall–Kier alpha value is -1.91. The molecule has 5 rings (SSSR count). The van der Waals surface area contributed by atoms with E-state index in [9.17, 15) is 9.59 Å². The molecule has 1 spiro atoms. The summed E-state index contributed by atoms with van der Waals surface area (Å²) in [4.78, 5) is 34.9. The van der Waals surface area contributed by atoms with Gasteiger partial charge in [0, 0.05) is 37.4 Å². The monoisotopic (exact) mass is 409 g/mol. The first-order chi connectivity index (χ1) is 14.7. The minimum atomic E-state index is -0.186. The zero-order valence-corrected chi connectivity index (χ0v) is 18.1. The van der Waals surface area contributed by atoms with E-state index in [-0.39, 0.29) is 23.4 Å². The van der Waals surface area contributed by atoms with Crippen molar-refractivity contribution in [1.82, 2.24) is 14.8 Å². The molecule has 4 aliphatic rings. The zero-order valence-electron chi connectivity index (χ0n) is 18.1. The molecule has 5 nitrogen and oxygen atoms in total. The van der Waals surface area contributed by atoms with Gasteiger partial charge in [0.15, 0.2) is 0 Å². The minimum Gasteiger partial charge on any atom is -0.342 e. The molecule has 3 heterocycles. The lowest BCUT2D eigenvalue weighted by Gasteiger charge is -2.61. The number of nitrogens with zero attached hydrogens (tertiary/aromatic N) is 3. The van der Waals surface area contributed by atoms with Crippen molar-refractivity contribution in [2.75, 3.05) is 13.1 Å². The van der Waals surface area contributed by atoms with E-state index in [0.29, 0.717) is 11.8 Å². The summed E-state index contributed by atoms with van der Waals surface area (Å²) >= 11 is 0. The van der Waals surface area contributed by atoms with Crippen LogP contribution in [0.25, 0.3) is 0 Å². The van der Waals surface area contributed by atoms with Crippen LogP contribution >= 0.6 is 0 Å². The second-order valence-corrected chi connectivity index (χ2v) is 10.0. The number of piperidine rings is 1. The molecule has 4 fully saturated rings. The normalized spacial score (nSPS) is 27.9. The highest BCUT2D eigenvalue weighted by molar-refractivity contribution is 5.91. The van der Waals surface area contributed by atoms with Crippen molar-refractivity contribution in [2.24, 2.45) is 11.3 Å². The van der Waals surface area contributed by atoms with Gasteiger partial charge in [-0.15, -0.1) is 0 Å². The van der Waals surface area contributed by atoms with Crippen molar-refractivity contribution in [3.8, 4) is 0 Å². The topological polar surface area (TPSA) is 53.5 Å². The lowest BCUT2D eigenvalue weighted by Crippen LogP contribution is -2.68. The van der Waals surface area contributed by atoms with Crippen LogP contribution in [0.4, 0.5) is 0 Å². The smallest absolute Gasteiger partial charge is 0.232 e. The highest BCUT2D eigenvalue weighted by atomic mass is 16.2. The van der Waals surface area contributed by atoms with E-state index < -0.39 is 0 Å². The molecular weight excluding hydrogens is 374 g/mol. The van der Waals surface area contributed by atoms with Crippen LogP contribution < -0.4 is 0 Å². The summed E-state index contributed by atoms with van der Waals surface area (Å²) in [7, 11) is 0. The third-order valence-electron chi connectivity index (χ3n) is 8.35. The number of carbonyl (C=O) groups is 2. The van der Waals surface area contributed by atoms with Crippen LogP contribution in [0.2, 0.25) is 0 Å². The van der Waals surface area contributed by atoms with Crippen LogP contribution in [0.15, 0.2) is 24.5 Å². The molecule has 0 N–H and O–H groups in total. The Labute approximate surface area is 180 Å². The molecule has 30 heavy (non-hydrogen) atoms. The molecule has 2 aliphatic carbocycles. The SMILES string of the molecule is O=C(C1CCCCC1)N1CCC(N2C(=O)C3(CCCCC3)C2c2ccncc2)CC1. The van der Waals surface area contributed by atoms with Crippen LogP contribution in [0, 0.1) is 11.3 Å². The Morgan fingerprint density at radius 2 is 1.53 bits per heavy atom. The number of β-lactam (4-membered cyclic amide) rings is 1. The lowest BCUT2D eigenvalue weighted by molar-refractivity contribution is -0.187. The number of hydrogen-bond acceptors (Lipinski definition) is 3. The predicted octanol–water partition coefficient (Wildman–Crippen LogP) is 4.49. The number of pyridine rings is 1. The first-order valence-corrected chi connectivity index (χ1v) is 12.2. The summed E-state index contributed by atoms with van der Waals surface area (Å²) in [6.07, 6.45) is 17.0. The molecule has 2 amide bonds. The van der Waals surface area contributed by atoms with Crippen molar-refractivity contribution in [1.29, 1.82) is 0 Å². The summed E-state index contributed by atoms with van der Waals surface area (Å²) in [5.74, 6) is 0.995. The molecule has 1 aromatic heterocycles. The average Bonchev–Trinajstić information content (AvgIpc) is 2.83. The lowest BCUT2D eigenvalue weighted by atomic mass is 9.59. The van der Waals surface area contributed by atoms with E-state index in [1.54, 1.807) is 0 Å². The molecule has 0 radical (unpaired) electrons. The number of amides is 2. The maximum atomic E-state index is 13.5. The van der Waals surface area contributed by atoms with E-state index in [0.717, 1.165) is 64.5 Å². The summed E-state index contributed by atoms with van der Waals surface area (Å²) in [5, 5.41) is 0. The van der Waals surface area contributed by atoms with Gasteiger partial charge in [0.25, 0.3) is 0 Å². The van der Waals surface area contributed by atoms with Crippen LogP contribution in [0.5, 0.6) is 0 Å². The number of rotatable bonds is 3. The number of hydrogen-bond donors (Lipinski definition) is 0. The summed E-state index contributed by atoms with van der Waals surface area (Å²) in [6, 6.07) is 4.65. The van der Waals surface area contributed by atoms with Gasteiger partial charge in [-0.25, -0.2) is 0 Å². The maximum absolute atomic E-state index is 13.5. The van der Waals surface area contributed by atoms with Gasteiger partial charge in [-0.1, -0.05) is 38.5 Å². The van der Waals surface area contributed by atoms with Crippen LogP contribution in [-0.2, 0) is 9.59 Å². The minimum absolute atomic E-state index is 0.186. The molecule has 1 atom stereocenters. The van der Waals surface area contributed by atoms with Gasteiger partial charge in [-0.2, -0.15) is 0 Å². The zero-order chi connectivity index (χ0) is 20.6. The molecule has 2 aliphatic heterocycles. The van der Waals surface area contributed by atoms with Crippen molar-refractivity contribution in [3.63, 3.8) is 0 Å². The Kier molecular flexibility index (Phi) is 5.55. The van der Waals surface area contributed by atoms with Gasteiger partial charge in [0.05, 0.1) is 11.5 Å². The third-order valence-corrected chi connectivity index (χ3v) is 8.35. The van der Waals surface area contributed by atoms with E-state index >= 15 is 0 Å². The summed E-state index contributed by atoms with van der Waals surface area (Å²) in [5.41, 5.74) is 1.06. The fraction of sp³-hybridized carbons (Fsp3) is 0.720. The average molecular weight is 410 g/mol. The fourth-order valence-corrected chi connectivity index (χ4v) is 6.74. The third kappa shape index (κ3) is 3.34. The van der Waals surface area contributed by atoms with E-state index in [1.807, 2.05) is 12.4 Å². The highest BCUT2D eigenvalue weighted by Crippen LogP contribution is 2.59. The van der Waals surface area contributed by atoms with E-state index in [4.69, 9.17) is 0 Å². The molecule has 0 aromatic carbocycles. The number of aromatic nitrogens is 1. The van der Waals surface area contributed by atoms with E-state index in [1.165, 1.54) is 31.2 Å². The van der Waals surface area contributed by atoms with Crippen molar-refractivity contribution < 1.29 is 9.59 Å². The standard InChI is InChI=1S/C25H35N3O2/c29-23(20-7-3-1-4-8-20)27-17-11-21(12-18-27)28-22(19-9-15-26-16-10-19)25(24(28)30)13-5-2-6-14-25/h9-10,15-16,20-22H,1-8,11-14,17-18H2. The Morgan fingerprint density at radius 1 is 0.900 bits per heavy atom. The van der Waals surface area contributed by atoms with Gasteiger partial charge < -0.3 is 9.80 Å². The van der Waals surface area contributed by atoms with Crippen LogP contribution in [0.3, 0.4) is 0 Å². The molecule has 0 bridgehead atoms. The second-order valence-electron chi connectivity index (χ2n) is 10.0. The first kappa shape index (κ1) is 20.0. The van der Waals surface area contributed by atoms with Crippen molar-refractivity contribution in [3.05, 3.63) is 30.1 Å². The highest BCUT2D eigenvalue weighted by Gasteiger charge is 2.62. The van der Waals surface area contributed by atoms with Crippen LogP contribution in [-0.4, -0.2) is 45.7 Å². The molecule has 1 unspecified atom stereocenters. The van der Waals surface area contributed by atoms with Crippen molar-refractivity contribution in [2.45, 2.75) is 89.1 Å². The van der Waals surface area contributed by atoms with Gasteiger partial charge in [0.1, 0.15) is 0 Å². The second kappa shape index (κ2) is 8.32. The van der Waals surface area contributed by atoms with Gasteiger partial charge in [0.2, 0.25) is 11.8 Å². The first-order valence-electron chi connectivity index (χ1n) is 12.2. The van der Waals surface area contributed by atoms with Crippen molar-refractivity contribution >= 4 is 11.8 Å². The van der Waals surface area contributed by atoms with Gasteiger partial charge in [-0.3, -0.25) is 14.6 Å². The Morgan fingerprint density at radius 3 is 2.20 bits per heavy atom. The fourth-order valence-electron chi connectivity index (χ4n) is 6.74. The Bertz CT molecular complexity index is 760. The molecule has 162 valence electrons. The van der Waals surface area contributed by atoms with Gasteiger partial charge >= 0.3 is 0 Å². The van der Waals surface area contributed by atoms with Gasteiger partial charge in [-0.05, 0) is 56.2 Å². The largest absolute Gasteiger partial charge is 0.342 e. The molecule has 2 saturated carbocycles.